The molecular weight excluding hydrogens is 354 g/mol. The minimum absolute atomic E-state index is 0.254. The number of likely N-dealkylation sites (N-methyl/N-ethyl adjacent to an activating group) is 1. The number of amides is 2. The number of rotatable bonds is 4. The summed E-state index contributed by atoms with van der Waals surface area (Å²) >= 11 is 0. The van der Waals surface area contributed by atoms with Gasteiger partial charge in [0.15, 0.2) is 0 Å². The topological polar surface area (TPSA) is 82.3 Å². The second-order valence-corrected chi connectivity index (χ2v) is 6.92. The van der Waals surface area contributed by atoms with E-state index in [4.69, 9.17) is 0 Å². The van der Waals surface area contributed by atoms with Crippen LogP contribution in [0.5, 0.6) is 0 Å². The van der Waals surface area contributed by atoms with E-state index in [1.165, 1.54) is 4.90 Å². The molecule has 1 aliphatic rings. The number of anilines is 1. The quantitative estimate of drug-likeness (QED) is 0.543. The van der Waals surface area contributed by atoms with Gasteiger partial charge in [-0.2, -0.15) is 0 Å². The third-order valence-corrected chi connectivity index (χ3v) is 5.16. The predicted octanol–water partition coefficient (Wildman–Crippen LogP) is 2.75. The fourth-order valence-electron chi connectivity index (χ4n) is 3.92. The number of carbonyl (C=O) groups excluding carboxylic acids is 3. The molecule has 1 atom stereocenters. The standard InChI is InChI=1S/C22H21N3O3/c1-3-23-21(27)18-12-14-8-4-7-11-17(14)25(18)22(28)20(26)19-13(2)24-16-10-6-5-9-15(16)19/h4-11,18,24H,3,12H2,1-2H3,(H,23,27). The van der Waals surface area contributed by atoms with Crippen molar-refractivity contribution in [2.45, 2.75) is 26.3 Å². The first-order valence-electron chi connectivity index (χ1n) is 9.33. The monoisotopic (exact) mass is 375 g/mol. The zero-order valence-electron chi connectivity index (χ0n) is 15.8. The maximum atomic E-state index is 13.3. The van der Waals surface area contributed by atoms with Crippen LogP contribution in [0.15, 0.2) is 48.5 Å². The fraction of sp³-hybridized carbons (Fsp3) is 0.227. The molecule has 1 aromatic heterocycles. The van der Waals surface area contributed by atoms with Gasteiger partial charge in [0.2, 0.25) is 5.91 Å². The first-order valence-corrected chi connectivity index (χ1v) is 9.33. The van der Waals surface area contributed by atoms with Gasteiger partial charge in [0.05, 0.1) is 5.56 Å². The second-order valence-electron chi connectivity index (χ2n) is 6.92. The number of nitrogens with one attached hydrogen (secondary N) is 2. The van der Waals surface area contributed by atoms with Crippen LogP contribution in [0.4, 0.5) is 5.69 Å². The molecule has 0 spiro atoms. The molecule has 0 radical (unpaired) electrons. The molecule has 6 nitrogen and oxygen atoms in total. The molecule has 28 heavy (non-hydrogen) atoms. The third-order valence-electron chi connectivity index (χ3n) is 5.16. The van der Waals surface area contributed by atoms with Crippen molar-refractivity contribution in [3.63, 3.8) is 0 Å². The smallest absolute Gasteiger partial charge is 0.300 e. The van der Waals surface area contributed by atoms with Gasteiger partial charge < -0.3 is 10.3 Å². The number of carbonyl (C=O) groups is 3. The molecular formula is C22H21N3O3. The van der Waals surface area contributed by atoms with Crippen LogP contribution >= 0.6 is 0 Å². The van der Waals surface area contributed by atoms with E-state index in [0.717, 1.165) is 11.1 Å². The number of hydrogen-bond acceptors (Lipinski definition) is 3. The highest BCUT2D eigenvalue weighted by molar-refractivity contribution is 6.50. The number of aromatic nitrogens is 1. The number of H-pyrrole nitrogens is 1. The number of para-hydroxylation sites is 2. The lowest BCUT2D eigenvalue weighted by molar-refractivity contribution is -0.124. The summed E-state index contributed by atoms with van der Waals surface area (Å²) in [6.07, 6.45) is 0.397. The molecule has 6 heteroatoms. The zero-order chi connectivity index (χ0) is 19.8. The minimum Gasteiger partial charge on any atom is -0.358 e. The van der Waals surface area contributed by atoms with E-state index in [1.54, 1.807) is 19.1 Å². The van der Waals surface area contributed by atoms with Gasteiger partial charge in [-0.05, 0) is 31.5 Å². The molecule has 0 fully saturated rings. The lowest BCUT2D eigenvalue weighted by atomic mass is 10.0. The van der Waals surface area contributed by atoms with Crippen LogP contribution in [0.25, 0.3) is 10.9 Å². The highest BCUT2D eigenvalue weighted by atomic mass is 16.2. The van der Waals surface area contributed by atoms with Crippen molar-refractivity contribution >= 4 is 34.2 Å². The van der Waals surface area contributed by atoms with Gasteiger partial charge in [0, 0.05) is 35.2 Å². The molecule has 2 aromatic carbocycles. The summed E-state index contributed by atoms with van der Waals surface area (Å²) in [5.41, 5.74) is 3.31. The molecule has 3 aromatic rings. The van der Waals surface area contributed by atoms with E-state index in [9.17, 15) is 14.4 Å². The molecule has 4 rings (SSSR count). The van der Waals surface area contributed by atoms with Crippen molar-refractivity contribution in [3.8, 4) is 0 Å². The first kappa shape index (κ1) is 18.0. The summed E-state index contributed by atoms with van der Waals surface area (Å²) in [7, 11) is 0. The maximum absolute atomic E-state index is 13.3. The van der Waals surface area contributed by atoms with Gasteiger partial charge in [-0.3, -0.25) is 19.3 Å². The molecule has 2 N–H and O–H groups in total. The average Bonchev–Trinajstić information content (AvgIpc) is 3.24. The number of fused-ring (bicyclic) bond motifs is 2. The number of ketones is 1. The zero-order valence-corrected chi connectivity index (χ0v) is 15.8. The van der Waals surface area contributed by atoms with E-state index in [1.807, 2.05) is 43.3 Å². The van der Waals surface area contributed by atoms with Crippen molar-refractivity contribution in [3.05, 3.63) is 65.4 Å². The molecule has 1 aliphatic heterocycles. The minimum atomic E-state index is -0.723. The van der Waals surface area contributed by atoms with Crippen LogP contribution in [0.3, 0.4) is 0 Å². The second kappa shape index (κ2) is 6.96. The van der Waals surface area contributed by atoms with Crippen LogP contribution in [0.1, 0.15) is 28.5 Å². The summed E-state index contributed by atoms with van der Waals surface area (Å²) in [5.74, 6) is -1.55. The van der Waals surface area contributed by atoms with E-state index < -0.39 is 17.7 Å². The Morgan fingerprint density at radius 3 is 2.61 bits per heavy atom. The summed E-state index contributed by atoms with van der Waals surface area (Å²) < 4.78 is 0. The number of nitrogens with zero attached hydrogens (tertiary/aromatic N) is 1. The third kappa shape index (κ3) is 2.78. The molecule has 2 amide bonds. The fourth-order valence-corrected chi connectivity index (χ4v) is 3.92. The van der Waals surface area contributed by atoms with Crippen molar-refractivity contribution in [2.24, 2.45) is 0 Å². The van der Waals surface area contributed by atoms with E-state index in [2.05, 4.69) is 10.3 Å². The normalized spacial score (nSPS) is 15.5. The SMILES string of the molecule is CCNC(=O)C1Cc2ccccc2N1C(=O)C(=O)c1c(C)[nH]c2ccccc12. The Balaban J connectivity index is 1.76. The molecule has 0 saturated carbocycles. The van der Waals surface area contributed by atoms with Crippen molar-refractivity contribution in [2.75, 3.05) is 11.4 Å². The summed E-state index contributed by atoms with van der Waals surface area (Å²) in [5, 5.41) is 3.48. The lowest BCUT2D eigenvalue weighted by Crippen LogP contribution is -2.50. The van der Waals surface area contributed by atoms with Crippen molar-refractivity contribution in [1.82, 2.24) is 10.3 Å². The molecule has 2 heterocycles. The Labute approximate surface area is 162 Å². The molecule has 0 aliphatic carbocycles. The molecule has 0 bridgehead atoms. The van der Waals surface area contributed by atoms with Gasteiger partial charge in [0.25, 0.3) is 11.7 Å². The lowest BCUT2D eigenvalue weighted by Gasteiger charge is -2.24. The number of Topliss-reactive ketones (excluding diaryl/α,β-unsaturated/α-hetero) is 1. The van der Waals surface area contributed by atoms with Gasteiger partial charge >= 0.3 is 0 Å². The number of benzene rings is 2. The summed E-state index contributed by atoms with van der Waals surface area (Å²) in [6, 6.07) is 14.0. The van der Waals surface area contributed by atoms with Crippen LogP contribution in [0, 0.1) is 6.92 Å². The first-order chi connectivity index (χ1) is 13.5. The number of aromatic amines is 1. The highest BCUT2D eigenvalue weighted by Crippen LogP contribution is 2.33. The molecule has 1 unspecified atom stereocenters. The van der Waals surface area contributed by atoms with Crippen LogP contribution in [-0.2, 0) is 16.0 Å². The number of aryl methyl sites for hydroxylation is 1. The Kier molecular flexibility index (Phi) is 4.47. The largest absolute Gasteiger partial charge is 0.358 e. The maximum Gasteiger partial charge on any atom is 0.300 e. The number of hydrogen-bond donors (Lipinski definition) is 2. The molecule has 0 saturated heterocycles. The predicted molar refractivity (Wildman–Crippen MR) is 107 cm³/mol. The summed E-state index contributed by atoms with van der Waals surface area (Å²) in [4.78, 5) is 43.6. The Bertz CT molecular complexity index is 1100. The van der Waals surface area contributed by atoms with Crippen LogP contribution in [-0.4, -0.2) is 35.2 Å². The van der Waals surface area contributed by atoms with Crippen LogP contribution in [0.2, 0.25) is 0 Å². The van der Waals surface area contributed by atoms with Gasteiger partial charge in [-0.15, -0.1) is 0 Å². The van der Waals surface area contributed by atoms with Gasteiger partial charge in [0.1, 0.15) is 6.04 Å². The van der Waals surface area contributed by atoms with Crippen molar-refractivity contribution < 1.29 is 14.4 Å². The van der Waals surface area contributed by atoms with Gasteiger partial charge in [-0.25, -0.2) is 0 Å². The Hall–Kier alpha value is -3.41. The highest BCUT2D eigenvalue weighted by Gasteiger charge is 2.41. The van der Waals surface area contributed by atoms with Crippen molar-refractivity contribution in [1.29, 1.82) is 0 Å². The summed E-state index contributed by atoms with van der Waals surface area (Å²) in [6.45, 7) is 4.07. The van der Waals surface area contributed by atoms with E-state index in [-0.39, 0.29) is 5.91 Å². The average molecular weight is 375 g/mol. The Morgan fingerprint density at radius 2 is 1.82 bits per heavy atom. The van der Waals surface area contributed by atoms with E-state index >= 15 is 0 Å². The van der Waals surface area contributed by atoms with Crippen LogP contribution < -0.4 is 10.2 Å². The van der Waals surface area contributed by atoms with E-state index in [0.29, 0.717) is 35.3 Å². The Morgan fingerprint density at radius 1 is 1.11 bits per heavy atom. The molecule has 142 valence electrons. The van der Waals surface area contributed by atoms with Gasteiger partial charge in [-0.1, -0.05) is 36.4 Å².